The summed E-state index contributed by atoms with van der Waals surface area (Å²) in [5.74, 6) is 0.758. The smallest absolute Gasteiger partial charge is 0.268 e. The van der Waals surface area contributed by atoms with Gasteiger partial charge in [0, 0.05) is 17.7 Å². The van der Waals surface area contributed by atoms with E-state index in [-0.39, 0.29) is 16.5 Å². The maximum atomic E-state index is 12.3. The first-order valence-corrected chi connectivity index (χ1v) is 8.03. The highest BCUT2D eigenvalue weighted by Crippen LogP contribution is 2.37. The van der Waals surface area contributed by atoms with Crippen LogP contribution in [0.4, 0.5) is 0 Å². The Hall–Kier alpha value is -0.970. The van der Waals surface area contributed by atoms with Gasteiger partial charge in [0.05, 0.1) is 0 Å². The maximum Gasteiger partial charge on any atom is 0.268 e. The highest BCUT2D eigenvalue weighted by molar-refractivity contribution is 7.80. The van der Waals surface area contributed by atoms with Gasteiger partial charge in [-0.05, 0) is 37.9 Å². The van der Waals surface area contributed by atoms with Gasteiger partial charge in [0.1, 0.15) is 0 Å². The van der Waals surface area contributed by atoms with Crippen molar-refractivity contribution in [3.63, 3.8) is 0 Å². The van der Waals surface area contributed by atoms with Crippen molar-refractivity contribution in [2.24, 2.45) is 5.41 Å². The lowest BCUT2D eigenvalue weighted by Crippen LogP contribution is -2.39. The van der Waals surface area contributed by atoms with Crippen molar-refractivity contribution >= 4 is 12.6 Å². The maximum absolute atomic E-state index is 12.3. The molecule has 1 fully saturated rings. The average molecular weight is 296 g/mol. The first kappa shape index (κ1) is 15.4. The molecule has 0 atom stereocenters. The molecule has 0 unspecified atom stereocenters. The van der Waals surface area contributed by atoms with Crippen molar-refractivity contribution < 1.29 is 0 Å². The molecule has 1 aliphatic carbocycles. The van der Waals surface area contributed by atoms with Crippen LogP contribution in [0.3, 0.4) is 0 Å². The fraction of sp³-hybridized carbons (Fsp3) is 0.733. The lowest BCUT2D eigenvalue weighted by atomic mass is 9.82. The largest absolute Gasteiger partial charge is 0.268 e. The second-order valence-electron chi connectivity index (χ2n) is 6.15. The second-order valence-corrected chi connectivity index (χ2v) is 6.47. The summed E-state index contributed by atoms with van der Waals surface area (Å²) in [7, 11) is 0. The molecule has 0 aromatic carbocycles. The molecule has 1 aliphatic rings. The molecule has 0 spiro atoms. The third-order valence-corrected chi connectivity index (χ3v) is 5.37. The summed E-state index contributed by atoms with van der Waals surface area (Å²) in [6, 6.07) is 0. The summed E-state index contributed by atoms with van der Waals surface area (Å²) in [5, 5.41) is 2.73. The molecule has 1 N–H and O–H groups in total. The Bertz CT molecular complexity index is 581. The summed E-state index contributed by atoms with van der Waals surface area (Å²) in [4.78, 5) is 24.2. The monoisotopic (exact) mass is 296 g/mol. The van der Waals surface area contributed by atoms with Gasteiger partial charge in [0.15, 0.2) is 0 Å². The van der Waals surface area contributed by atoms with Gasteiger partial charge in [0.25, 0.3) is 11.1 Å². The Labute approximate surface area is 125 Å². The number of hydrogen-bond donors (Lipinski definition) is 2. The molecule has 5 heteroatoms. The van der Waals surface area contributed by atoms with Crippen LogP contribution in [0.25, 0.3) is 0 Å². The molecule has 4 nitrogen and oxygen atoms in total. The van der Waals surface area contributed by atoms with Gasteiger partial charge in [-0.15, -0.1) is 0 Å². The SMILES string of the molecule is Cc1c(C)c(=O)n(CC2(CS)CCCCCC2)[nH]c1=O. The van der Waals surface area contributed by atoms with E-state index in [0.29, 0.717) is 17.7 Å². The number of rotatable bonds is 3. The zero-order valence-corrected chi connectivity index (χ0v) is 13.3. The lowest BCUT2D eigenvalue weighted by Gasteiger charge is -2.31. The Morgan fingerprint density at radius 3 is 2.25 bits per heavy atom. The normalized spacial score (nSPS) is 18.8. The van der Waals surface area contributed by atoms with Crippen LogP contribution in [0.2, 0.25) is 0 Å². The fourth-order valence-electron chi connectivity index (χ4n) is 3.08. The quantitative estimate of drug-likeness (QED) is 0.665. The van der Waals surface area contributed by atoms with Crippen molar-refractivity contribution in [1.29, 1.82) is 0 Å². The number of aromatic nitrogens is 2. The van der Waals surface area contributed by atoms with Gasteiger partial charge in [-0.1, -0.05) is 25.7 Å². The molecule has 1 heterocycles. The van der Waals surface area contributed by atoms with E-state index >= 15 is 0 Å². The molecule has 0 aliphatic heterocycles. The van der Waals surface area contributed by atoms with Gasteiger partial charge >= 0.3 is 0 Å². The molecule has 0 saturated heterocycles. The topological polar surface area (TPSA) is 54.9 Å². The summed E-state index contributed by atoms with van der Waals surface area (Å²) in [6.07, 6.45) is 7.05. The van der Waals surface area contributed by atoms with E-state index in [4.69, 9.17) is 0 Å². The lowest BCUT2D eigenvalue weighted by molar-refractivity contribution is 0.224. The first-order chi connectivity index (χ1) is 9.49. The zero-order chi connectivity index (χ0) is 14.8. The predicted molar refractivity (Wildman–Crippen MR) is 84.8 cm³/mol. The Kier molecular flexibility index (Phi) is 4.78. The number of H-pyrrole nitrogens is 1. The molecule has 0 radical (unpaired) electrons. The molecule has 0 amide bonds. The van der Waals surface area contributed by atoms with Crippen LogP contribution in [0.5, 0.6) is 0 Å². The van der Waals surface area contributed by atoms with Gasteiger partial charge < -0.3 is 0 Å². The summed E-state index contributed by atoms with van der Waals surface area (Å²) >= 11 is 4.53. The Balaban J connectivity index is 2.37. The number of nitrogens with one attached hydrogen (secondary N) is 1. The molecule has 1 saturated carbocycles. The van der Waals surface area contributed by atoms with Gasteiger partial charge in [-0.2, -0.15) is 12.6 Å². The molecule has 112 valence electrons. The van der Waals surface area contributed by atoms with Gasteiger partial charge in [-0.25, -0.2) is 4.68 Å². The molecule has 0 bridgehead atoms. The van der Waals surface area contributed by atoms with Crippen molar-refractivity contribution in [1.82, 2.24) is 9.78 Å². The van der Waals surface area contributed by atoms with Crippen LogP contribution in [-0.2, 0) is 6.54 Å². The van der Waals surface area contributed by atoms with Crippen LogP contribution in [0, 0.1) is 19.3 Å². The van der Waals surface area contributed by atoms with E-state index in [2.05, 4.69) is 17.7 Å². The summed E-state index contributed by atoms with van der Waals surface area (Å²) in [6.45, 7) is 4.00. The number of hydrogen-bond acceptors (Lipinski definition) is 3. The highest BCUT2D eigenvalue weighted by Gasteiger charge is 2.31. The second kappa shape index (κ2) is 6.20. The molecule has 1 aromatic rings. The molecular weight excluding hydrogens is 272 g/mol. The van der Waals surface area contributed by atoms with Crippen LogP contribution in [0.15, 0.2) is 9.59 Å². The molecule has 1 aromatic heterocycles. The third-order valence-electron chi connectivity index (χ3n) is 4.70. The van der Waals surface area contributed by atoms with Crippen LogP contribution >= 0.6 is 12.6 Å². The third kappa shape index (κ3) is 3.03. The van der Waals surface area contributed by atoms with E-state index in [1.54, 1.807) is 13.8 Å². The molecular formula is C15H24N2O2S. The van der Waals surface area contributed by atoms with E-state index in [0.717, 1.165) is 18.6 Å². The molecule has 20 heavy (non-hydrogen) atoms. The van der Waals surface area contributed by atoms with Crippen LogP contribution in [0.1, 0.15) is 49.7 Å². The average Bonchev–Trinajstić information content (AvgIpc) is 2.68. The summed E-state index contributed by atoms with van der Waals surface area (Å²) < 4.78 is 1.51. The van der Waals surface area contributed by atoms with E-state index in [1.807, 2.05) is 0 Å². The number of nitrogens with zero attached hydrogens (tertiary/aromatic N) is 1. The Morgan fingerprint density at radius 1 is 1.10 bits per heavy atom. The van der Waals surface area contributed by atoms with E-state index in [9.17, 15) is 9.59 Å². The minimum absolute atomic E-state index is 0.0358. The first-order valence-electron chi connectivity index (χ1n) is 7.40. The van der Waals surface area contributed by atoms with Crippen LogP contribution < -0.4 is 11.1 Å². The predicted octanol–water partition coefficient (Wildman–Crippen LogP) is 2.42. The zero-order valence-electron chi connectivity index (χ0n) is 12.4. The van der Waals surface area contributed by atoms with Gasteiger partial charge in [-0.3, -0.25) is 14.7 Å². The molecule has 2 rings (SSSR count). The van der Waals surface area contributed by atoms with Crippen LogP contribution in [-0.4, -0.2) is 15.5 Å². The number of thiol groups is 1. The van der Waals surface area contributed by atoms with Gasteiger partial charge in [0.2, 0.25) is 0 Å². The van der Waals surface area contributed by atoms with E-state index in [1.165, 1.54) is 30.4 Å². The highest BCUT2D eigenvalue weighted by atomic mass is 32.1. The van der Waals surface area contributed by atoms with E-state index < -0.39 is 0 Å². The van der Waals surface area contributed by atoms with Crippen molar-refractivity contribution in [3.05, 3.63) is 31.8 Å². The van der Waals surface area contributed by atoms with Crippen molar-refractivity contribution in [2.45, 2.75) is 58.9 Å². The minimum Gasteiger partial charge on any atom is -0.268 e. The summed E-state index contributed by atoms with van der Waals surface area (Å²) in [5.41, 5.74) is 0.870. The Morgan fingerprint density at radius 2 is 1.70 bits per heavy atom. The minimum atomic E-state index is -0.162. The fourth-order valence-corrected chi connectivity index (χ4v) is 3.50. The number of aromatic amines is 1. The standard InChI is InChI=1S/C15H24N2O2S/c1-11-12(2)14(19)17(16-13(11)18)9-15(10-20)7-5-3-4-6-8-15/h20H,3-10H2,1-2H3,(H,16,18). The van der Waals surface area contributed by atoms with Crippen molar-refractivity contribution in [3.8, 4) is 0 Å². The van der Waals surface area contributed by atoms with Crippen molar-refractivity contribution in [2.75, 3.05) is 5.75 Å².